The topological polar surface area (TPSA) is 26.3 Å². The van der Waals surface area contributed by atoms with Gasteiger partial charge in [0.25, 0.3) is 0 Å². The third-order valence-corrected chi connectivity index (χ3v) is 2.01. The highest BCUT2D eigenvalue weighted by Crippen LogP contribution is 2.00. The maximum Gasteiger partial charge on any atom is 0.302 e. The Balaban J connectivity index is 3.05. The Morgan fingerprint density at radius 1 is 1.21 bits per heavy atom. The molecule has 0 aromatic carbocycles. The molecule has 0 radical (unpaired) electrons. The summed E-state index contributed by atoms with van der Waals surface area (Å²) < 4.78 is 4.81. The fourth-order valence-corrected chi connectivity index (χ4v) is 1.17. The third kappa shape index (κ3) is 11.5. The lowest BCUT2D eigenvalue weighted by Crippen LogP contribution is -1.99. The van der Waals surface area contributed by atoms with Crippen LogP contribution in [0.15, 0.2) is 12.2 Å². The molecule has 14 heavy (non-hydrogen) atoms. The second-order valence-electron chi connectivity index (χ2n) is 3.14. The molecule has 0 aliphatic rings. The first kappa shape index (κ1) is 13.5. The highest BCUT2D eigenvalue weighted by Gasteiger charge is 1.91. The second-order valence-corrected chi connectivity index (χ2v) is 3.52. The maximum atomic E-state index is 10.4. The summed E-state index contributed by atoms with van der Waals surface area (Å²) in [6.07, 6.45) is 9.51. The Morgan fingerprint density at radius 3 is 2.43 bits per heavy atom. The van der Waals surface area contributed by atoms with Crippen LogP contribution in [-0.2, 0) is 9.53 Å². The van der Waals surface area contributed by atoms with Crippen molar-refractivity contribution in [3.8, 4) is 0 Å². The minimum atomic E-state index is -0.192. The Hall–Kier alpha value is -0.500. The normalized spacial score (nSPS) is 10.7. The fourth-order valence-electron chi connectivity index (χ4n) is 1.01. The smallest absolute Gasteiger partial charge is 0.302 e. The fraction of sp³-hybridized carbons (Fsp3) is 0.727. The first-order chi connectivity index (χ1) is 6.77. The molecule has 0 saturated heterocycles. The number of rotatable bonds is 8. The Kier molecular flexibility index (Phi) is 10.2. The van der Waals surface area contributed by atoms with E-state index in [0.29, 0.717) is 6.61 Å². The summed E-state index contributed by atoms with van der Waals surface area (Å²) in [5, 5.41) is 0. The molecule has 0 heterocycles. The molecule has 0 unspecified atom stereocenters. The first-order valence-electron chi connectivity index (χ1n) is 5.11. The zero-order valence-electron chi connectivity index (χ0n) is 8.80. The minimum Gasteiger partial charge on any atom is -0.466 e. The number of carbonyl (C=O) groups excluding carboxylic acids is 1. The molecule has 0 saturated carbocycles. The van der Waals surface area contributed by atoms with Crippen LogP contribution in [0.4, 0.5) is 0 Å². The molecular weight excluding hydrogens is 200 g/mol. The number of unbranched alkanes of at least 4 members (excludes halogenated alkanes) is 3. The van der Waals surface area contributed by atoms with Crippen LogP contribution in [0.1, 0.15) is 39.0 Å². The van der Waals surface area contributed by atoms with E-state index in [1.54, 1.807) is 0 Å². The van der Waals surface area contributed by atoms with Crippen LogP contribution in [0.25, 0.3) is 0 Å². The van der Waals surface area contributed by atoms with Crippen molar-refractivity contribution in [3.63, 3.8) is 0 Å². The number of carbonyl (C=O) groups is 1. The van der Waals surface area contributed by atoms with Gasteiger partial charge in [0.05, 0.1) is 6.61 Å². The summed E-state index contributed by atoms with van der Waals surface area (Å²) in [5.41, 5.74) is 0. The van der Waals surface area contributed by atoms with Gasteiger partial charge in [0.1, 0.15) is 0 Å². The van der Waals surface area contributed by atoms with E-state index < -0.39 is 0 Å². The molecule has 0 bridgehead atoms. The molecule has 3 heteroatoms. The van der Waals surface area contributed by atoms with Gasteiger partial charge in [0, 0.05) is 12.8 Å². The monoisotopic (exact) mass is 218 g/mol. The first-order valence-corrected chi connectivity index (χ1v) is 5.65. The largest absolute Gasteiger partial charge is 0.466 e. The van der Waals surface area contributed by atoms with Crippen LogP contribution in [0, 0.1) is 0 Å². The van der Waals surface area contributed by atoms with Crippen LogP contribution < -0.4 is 0 Å². The van der Waals surface area contributed by atoms with Gasteiger partial charge in [-0.15, -0.1) is 11.6 Å². The van der Waals surface area contributed by atoms with Crippen LogP contribution >= 0.6 is 11.6 Å². The van der Waals surface area contributed by atoms with Gasteiger partial charge in [0.2, 0.25) is 0 Å². The van der Waals surface area contributed by atoms with Gasteiger partial charge in [-0.05, 0) is 32.1 Å². The maximum absolute atomic E-state index is 10.4. The third-order valence-electron chi connectivity index (χ3n) is 1.74. The Morgan fingerprint density at radius 2 is 1.86 bits per heavy atom. The van der Waals surface area contributed by atoms with Crippen LogP contribution in [0.5, 0.6) is 0 Å². The highest BCUT2D eigenvalue weighted by molar-refractivity contribution is 6.17. The average molecular weight is 219 g/mol. The van der Waals surface area contributed by atoms with Gasteiger partial charge in [-0.3, -0.25) is 4.79 Å². The zero-order chi connectivity index (χ0) is 10.6. The number of esters is 1. The Bertz CT molecular complexity index is 167. The van der Waals surface area contributed by atoms with Gasteiger partial charge < -0.3 is 4.74 Å². The van der Waals surface area contributed by atoms with Gasteiger partial charge in [0.15, 0.2) is 0 Å². The van der Waals surface area contributed by atoms with E-state index in [9.17, 15) is 4.79 Å². The summed E-state index contributed by atoms with van der Waals surface area (Å²) >= 11 is 5.53. The molecule has 0 N–H and O–H groups in total. The van der Waals surface area contributed by atoms with E-state index in [2.05, 4.69) is 12.2 Å². The van der Waals surface area contributed by atoms with Crippen molar-refractivity contribution in [2.75, 3.05) is 12.5 Å². The van der Waals surface area contributed by atoms with Crippen molar-refractivity contribution in [2.24, 2.45) is 0 Å². The SMILES string of the molecule is CC(=O)OCCCC/C=C/CCCCl. The van der Waals surface area contributed by atoms with E-state index in [4.69, 9.17) is 16.3 Å². The van der Waals surface area contributed by atoms with Crippen molar-refractivity contribution in [2.45, 2.75) is 39.0 Å². The van der Waals surface area contributed by atoms with Crippen molar-refractivity contribution in [1.29, 1.82) is 0 Å². The summed E-state index contributed by atoms with van der Waals surface area (Å²) in [4.78, 5) is 10.4. The number of allylic oxidation sites excluding steroid dienone is 2. The predicted molar refractivity (Wildman–Crippen MR) is 59.6 cm³/mol. The van der Waals surface area contributed by atoms with Crippen LogP contribution in [0.2, 0.25) is 0 Å². The quantitative estimate of drug-likeness (QED) is 0.271. The number of hydrogen-bond donors (Lipinski definition) is 0. The van der Waals surface area contributed by atoms with Gasteiger partial charge in [-0.1, -0.05) is 12.2 Å². The number of hydrogen-bond acceptors (Lipinski definition) is 2. The molecule has 82 valence electrons. The van der Waals surface area contributed by atoms with Crippen LogP contribution in [0.3, 0.4) is 0 Å². The lowest BCUT2D eigenvalue weighted by molar-refractivity contribution is -0.141. The molecule has 0 aromatic rings. The van der Waals surface area contributed by atoms with E-state index >= 15 is 0 Å². The number of alkyl halides is 1. The lowest BCUT2D eigenvalue weighted by atomic mass is 10.2. The van der Waals surface area contributed by atoms with Crippen molar-refractivity contribution in [1.82, 2.24) is 0 Å². The summed E-state index contributed by atoms with van der Waals surface area (Å²) in [7, 11) is 0. The van der Waals surface area contributed by atoms with Crippen molar-refractivity contribution < 1.29 is 9.53 Å². The Labute approximate surface area is 91.3 Å². The van der Waals surface area contributed by atoms with Gasteiger partial charge >= 0.3 is 5.97 Å². The zero-order valence-corrected chi connectivity index (χ0v) is 9.55. The molecule has 0 aromatic heterocycles. The lowest BCUT2D eigenvalue weighted by Gasteiger charge is -1.99. The van der Waals surface area contributed by atoms with Gasteiger partial charge in [-0.2, -0.15) is 0 Å². The van der Waals surface area contributed by atoms with E-state index in [1.165, 1.54) is 6.92 Å². The van der Waals surface area contributed by atoms with E-state index in [0.717, 1.165) is 38.0 Å². The highest BCUT2D eigenvalue weighted by atomic mass is 35.5. The molecule has 0 atom stereocenters. The second kappa shape index (κ2) is 10.6. The molecule has 0 spiro atoms. The molecule has 0 aliphatic heterocycles. The molecule has 0 rings (SSSR count). The molecule has 0 amide bonds. The van der Waals surface area contributed by atoms with Crippen LogP contribution in [-0.4, -0.2) is 18.5 Å². The van der Waals surface area contributed by atoms with Gasteiger partial charge in [-0.25, -0.2) is 0 Å². The predicted octanol–water partition coefficient (Wildman–Crippen LogP) is 3.30. The van der Waals surface area contributed by atoms with Crippen molar-refractivity contribution >= 4 is 17.6 Å². The summed E-state index contributed by atoms with van der Waals surface area (Å²) in [6, 6.07) is 0. The molecule has 0 fully saturated rings. The average Bonchev–Trinajstić information content (AvgIpc) is 2.15. The summed E-state index contributed by atoms with van der Waals surface area (Å²) in [5.74, 6) is 0.541. The molecule has 2 nitrogen and oxygen atoms in total. The minimum absolute atomic E-state index is 0.192. The number of halogens is 1. The molecular formula is C11H19ClO2. The standard InChI is InChI=1S/C11H19ClO2/c1-11(13)14-10-8-6-4-2-3-5-7-9-12/h2-3H,4-10H2,1H3/b3-2+. The van der Waals surface area contributed by atoms with Crippen molar-refractivity contribution in [3.05, 3.63) is 12.2 Å². The summed E-state index contributed by atoms with van der Waals surface area (Å²) in [6.45, 7) is 1.98. The van der Waals surface area contributed by atoms with E-state index in [-0.39, 0.29) is 5.97 Å². The van der Waals surface area contributed by atoms with E-state index in [1.807, 2.05) is 0 Å². The molecule has 0 aliphatic carbocycles. The number of ether oxygens (including phenoxy) is 1.